The van der Waals surface area contributed by atoms with Crippen molar-refractivity contribution >= 4 is 11.5 Å². The van der Waals surface area contributed by atoms with Gasteiger partial charge in [0.15, 0.2) is 0 Å². The van der Waals surface area contributed by atoms with Gasteiger partial charge in [0.05, 0.1) is 5.56 Å². The average molecular weight is 358 g/mol. The summed E-state index contributed by atoms with van der Waals surface area (Å²) in [5.74, 6) is 0.428. The maximum atomic E-state index is 12.7. The number of nitrogens with zero attached hydrogens (tertiary/aromatic N) is 4. The van der Waals surface area contributed by atoms with Gasteiger partial charge in [-0.1, -0.05) is 0 Å². The molecule has 0 radical (unpaired) electrons. The second kappa shape index (κ2) is 6.81. The third kappa shape index (κ3) is 3.97. The summed E-state index contributed by atoms with van der Waals surface area (Å²) in [6.45, 7) is 2.17. The topological polar surface area (TPSA) is 32.3 Å². The molecule has 1 aromatic heterocycles. The molecule has 4 nitrogen and oxygen atoms in total. The molecule has 1 aliphatic rings. The molecule has 2 heterocycles. The number of aromatic nitrogens is 2. The van der Waals surface area contributed by atoms with Gasteiger partial charge in [0.2, 0.25) is 0 Å². The molecule has 1 aliphatic heterocycles. The fourth-order valence-electron chi connectivity index (χ4n) is 2.71. The van der Waals surface area contributed by atoms with Crippen molar-refractivity contribution in [1.82, 2.24) is 9.97 Å². The summed E-state index contributed by atoms with van der Waals surface area (Å²) >= 11 is 0. The van der Waals surface area contributed by atoms with Crippen LogP contribution in [0.3, 0.4) is 0 Å². The number of benzene rings is 1. The monoisotopic (exact) mass is 358 g/mol. The Morgan fingerprint density at radius 2 is 1.48 bits per heavy atom. The standard InChI is InChI=1S/C16H15F5N4/c17-15(18)13-9-14(23-10-22-13)25-7-5-24(6-8-25)12-3-1-11(2-4-12)16(19,20)21/h1-4,9-10,15H,5-8H2. The molecule has 0 N–H and O–H groups in total. The Balaban J connectivity index is 1.65. The quantitative estimate of drug-likeness (QED) is 0.782. The van der Waals surface area contributed by atoms with Crippen LogP contribution in [0.4, 0.5) is 33.5 Å². The van der Waals surface area contributed by atoms with Crippen LogP contribution in [-0.4, -0.2) is 36.1 Å². The number of piperazine rings is 1. The molecular weight excluding hydrogens is 343 g/mol. The average Bonchev–Trinajstić information content (AvgIpc) is 2.61. The SMILES string of the molecule is FC(F)c1cc(N2CCN(c3ccc(C(F)(F)F)cc3)CC2)ncn1. The first kappa shape index (κ1) is 17.4. The van der Waals surface area contributed by atoms with Gasteiger partial charge in [0.25, 0.3) is 6.43 Å². The van der Waals surface area contributed by atoms with E-state index in [-0.39, 0.29) is 5.69 Å². The van der Waals surface area contributed by atoms with Gasteiger partial charge < -0.3 is 9.80 Å². The lowest BCUT2D eigenvalue weighted by molar-refractivity contribution is -0.137. The summed E-state index contributed by atoms with van der Waals surface area (Å²) in [6.07, 6.45) is -5.90. The van der Waals surface area contributed by atoms with E-state index in [1.54, 1.807) is 0 Å². The van der Waals surface area contributed by atoms with Crippen molar-refractivity contribution in [2.45, 2.75) is 12.6 Å². The predicted molar refractivity (Wildman–Crippen MR) is 82.9 cm³/mol. The lowest BCUT2D eigenvalue weighted by Crippen LogP contribution is -2.46. The highest BCUT2D eigenvalue weighted by molar-refractivity contribution is 5.50. The van der Waals surface area contributed by atoms with Crippen molar-refractivity contribution in [3.05, 3.63) is 47.9 Å². The first-order valence-electron chi connectivity index (χ1n) is 7.62. The summed E-state index contributed by atoms with van der Waals surface area (Å²) in [5.41, 5.74) is -0.311. The van der Waals surface area contributed by atoms with Crippen LogP contribution in [0.1, 0.15) is 17.7 Å². The van der Waals surface area contributed by atoms with E-state index in [9.17, 15) is 22.0 Å². The molecule has 0 aliphatic carbocycles. The second-order valence-corrected chi connectivity index (χ2v) is 5.62. The zero-order chi connectivity index (χ0) is 18.0. The van der Waals surface area contributed by atoms with Gasteiger partial charge in [0.1, 0.15) is 17.8 Å². The Kier molecular flexibility index (Phi) is 4.73. The van der Waals surface area contributed by atoms with Crippen molar-refractivity contribution in [1.29, 1.82) is 0 Å². The van der Waals surface area contributed by atoms with E-state index in [2.05, 4.69) is 9.97 Å². The Bertz CT molecular complexity index is 709. The summed E-state index contributed by atoms with van der Waals surface area (Å²) in [7, 11) is 0. The van der Waals surface area contributed by atoms with Crippen molar-refractivity contribution in [3.8, 4) is 0 Å². The van der Waals surface area contributed by atoms with E-state index >= 15 is 0 Å². The van der Waals surface area contributed by atoms with Crippen molar-refractivity contribution in [3.63, 3.8) is 0 Å². The minimum atomic E-state index is -4.35. The lowest BCUT2D eigenvalue weighted by atomic mass is 10.1. The maximum Gasteiger partial charge on any atom is 0.416 e. The Morgan fingerprint density at radius 3 is 2.04 bits per heavy atom. The maximum absolute atomic E-state index is 12.7. The van der Waals surface area contributed by atoms with Crippen LogP contribution in [0.2, 0.25) is 0 Å². The van der Waals surface area contributed by atoms with Crippen LogP contribution < -0.4 is 9.80 Å². The highest BCUT2D eigenvalue weighted by Crippen LogP contribution is 2.31. The van der Waals surface area contributed by atoms with Gasteiger partial charge in [-0.05, 0) is 24.3 Å². The highest BCUT2D eigenvalue weighted by Gasteiger charge is 2.30. The molecule has 0 spiro atoms. The molecule has 0 unspecified atom stereocenters. The van der Waals surface area contributed by atoms with Crippen LogP contribution in [0.15, 0.2) is 36.7 Å². The van der Waals surface area contributed by atoms with Gasteiger partial charge in [-0.3, -0.25) is 0 Å². The first-order chi connectivity index (χ1) is 11.8. The smallest absolute Gasteiger partial charge is 0.368 e. The van der Waals surface area contributed by atoms with Crippen LogP contribution in [0.25, 0.3) is 0 Å². The zero-order valence-electron chi connectivity index (χ0n) is 13.0. The zero-order valence-corrected chi connectivity index (χ0v) is 13.0. The van der Waals surface area contributed by atoms with E-state index in [1.807, 2.05) is 9.80 Å². The third-order valence-corrected chi connectivity index (χ3v) is 4.06. The van der Waals surface area contributed by atoms with E-state index in [0.29, 0.717) is 37.7 Å². The summed E-state index contributed by atoms with van der Waals surface area (Å²) in [4.78, 5) is 11.4. The molecule has 9 heteroatoms. The van der Waals surface area contributed by atoms with Crippen LogP contribution in [0, 0.1) is 0 Å². The Labute approximate surface area is 140 Å². The van der Waals surface area contributed by atoms with E-state index in [4.69, 9.17) is 0 Å². The molecular formula is C16H15F5N4. The number of hydrogen-bond acceptors (Lipinski definition) is 4. The molecule has 3 rings (SSSR count). The van der Waals surface area contributed by atoms with Crippen LogP contribution in [0.5, 0.6) is 0 Å². The lowest BCUT2D eigenvalue weighted by Gasteiger charge is -2.36. The molecule has 1 aromatic carbocycles. The number of halogens is 5. The fourth-order valence-corrected chi connectivity index (χ4v) is 2.71. The molecule has 1 fully saturated rings. The minimum absolute atomic E-state index is 0.324. The number of rotatable bonds is 3. The predicted octanol–water partition coefficient (Wildman–Crippen LogP) is 3.76. The first-order valence-corrected chi connectivity index (χ1v) is 7.62. The summed E-state index contributed by atoms with van der Waals surface area (Å²) in [6, 6.07) is 6.26. The molecule has 0 amide bonds. The molecule has 25 heavy (non-hydrogen) atoms. The van der Waals surface area contributed by atoms with Gasteiger partial charge in [-0.25, -0.2) is 18.7 Å². The van der Waals surface area contributed by atoms with Crippen molar-refractivity contribution in [2.24, 2.45) is 0 Å². The number of hydrogen-bond donors (Lipinski definition) is 0. The Morgan fingerprint density at radius 1 is 0.880 bits per heavy atom. The fraction of sp³-hybridized carbons (Fsp3) is 0.375. The minimum Gasteiger partial charge on any atom is -0.368 e. The normalized spacial score (nSPS) is 15.8. The summed E-state index contributed by atoms with van der Waals surface area (Å²) in [5, 5.41) is 0. The van der Waals surface area contributed by atoms with E-state index in [0.717, 1.165) is 18.5 Å². The van der Waals surface area contributed by atoms with E-state index < -0.39 is 18.2 Å². The second-order valence-electron chi connectivity index (χ2n) is 5.62. The van der Waals surface area contributed by atoms with Crippen LogP contribution in [-0.2, 0) is 6.18 Å². The van der Waals surface area contributed by atoms with Crippen molar-refractivity contribution in [2.75, 3.05) is 36.0 Å². The summed E-state index contributed by atoms with van der Waals surface area (Å²) < 4.78 is 63.2. The molecule has 134 valence electrons. The van der Waals surface area contributed by atoms with E-state index in [1.165, 1.54) is 18.2 Å². The third-order valence-electron chi connectivity index (χ3n) is 4.06. The molecule has 2 aromatic rings. The Hall–Kier alpha value is -2.45. The van der Waals surface area contributed by atoms with Gasteiger partial charge in [-0.15, -0.1) is 0 Å². The van der Waals surface area contributed by atoms with Crippen LogP contribution >= 0.6 is 0 Å². The van der Waals surface area contributed by atoms with Crippen molar-refractivity contribution < 1.29 is 22.0 Å². The highest BCUT2D eigenvalue weighted by atomic mass is 19.4. The molecule has 0 atom stereocenters. The van der Waals surface area contributed by atoms with Gasteiger partial charge in [-0.2, -0.15) is 13.2 Å². The molecule has 1 saturated heterocycles. The number of alkyl halides is 5. The van der Waals surface area contributed by atoms with Gasteiger partial charge in [0, 0.05) is 37.9 Å². The number of anilines is 2. The molecule has 0 saturated carbocycles. The molecule has 0 bridgehead atoms. The van der Waals surface area contributed by atoms with Gasteiger partial charge >= 0.3 is 6.18 Å². The largest absolute Gasteiger partial charge is 0.416 e.